The molecule has 0 aliphatic rings. The van der Waals surface area contributed by atoms with Gasteiger partial charge in [-0.2, -0.15) is 0 Å². The maximum Gasteiger partial charge on any atom is 0.300 e. The van der Waals surface area contributed by atoms with E-state index in [2.05, 4.69) is 22.6 Å². The molecule has 0 atom stereocenters. The van der Waals surface area contributed by atoms with Crippen molar-refractivity contribution in [1.82, 2.24) is 0 Å². The lowest BCUT2D eigenvalue weighted by Gasteiger charge is -1.59. The van der Waals surface area contributed by atoms with Gasteiger partial charge < -0.3 is 10.2 Å². The van der Waals surface area contributed by atoms with Gasteiger partial charge in [-0.1, -0.05) is 22.6 Å². The maximum atomic E-state index is 9.00. The molecule has 8 heavy (non-hydrogen) atoms. The first kappa shape index (κ1) is 15.7. The van der Waals surface area contributed by atoms with Crippen LogP contribution < -0.4 is 0 Å². The van der Waals surface area contributed by atoms with Crippen LogP contribution in [-0.2, 0) is 4.79 Å². The molecule has 4 heteroatoms. The minimum absolute atomic E-state index is 0.833. The van der Waals surface area contributed by atoms with Gasteiger partial charge in [-0.15, -0.1) is 0 Å². The minimum atomic E-state index is -0.833. The van der Waals surface area contributed by atoms with Gasteiger partial charge in [-0.25, -0.2) is 0 Å². The van der Waals surface area contributed by atoms with E-state index in [-0.39, 0.29) is 0 Å². The highest BCUT2D eigenvalue weighted by atomic mass is 127. The summed E-state index contributed by atoms with van der Waals surface area (Å²) in [7, 11) is 1.00. The summed E-state index contributed by atoms with van der Waals surface area (Å²) in [5.41, 5.74) is 0. The van der Waals surface area contributed by atoms with Crippen molar-refractivity contribution in [3.63, 3.8) is 0 Å². The van der Waals surface area contributed by atoms with E-state index in [1.165, 1.54) is 0 Å². The van der Waals surface area contributed by atoms with Crippen molar-refractivity contribution >= 4 is 28.6 Å². The molecule has 0 unspecified atom stereocenters. The van der Waals surface area contributed by atoms with Crippen LogP contribution >= 0.6 is 22.6 Å². The van der Waals surface area contributed by atoms with Crippen molar-refractivity contribution in [2.24, 2.45) is 0 Å². The van der Waals surface area contributed by atoms with E-state index in [0.717, 1.165) is 14.0 Å². The van der Waals surface area contributed by atoms with Crippen LogP contribution in [0.15, 0.2) is 0 Å². The first-order valence-corrected chi connectivity index (χ1v) is 3.91. The Morgan fingerprint density at radius 2 is 1.38 bits per heavy atom. The summed E-state index contributed by atoms with van der Waals surface area (Å²) in [4.78, 5) is 11.0. The van der Waals surface area contributed by atoms with Gasteiger partial charge >= 0.3 is 0 Å². The summed E-state index contributed by atoms with van der Waals surface area (Å²) in [5, 5.41) is 14.4. The van der Waals surface area contributed by atoms with Gasteiger partial charge in [-0.3, -0.25) is 4.79 Å². The van der Waals surface area contributed by atoms with Crippen LogP contribution in [0.1, 0.15) is 6.92 Å². The van der Waals surface area contributed by atoms with Gasteiger partial charge in [0.1, 0.15) is 0 Å². The molecule has 0 saturated heterocycles. The molecule has 0 rings (SSSR count). The summed E-state index contributed by atoms with van der Waals surface area (Å²) < 4.78 is 0. The summed E-state index contributed by atoms with van der Waals surface area (Å²) in [6.45, 7) is 1.08. The Labute approximate surface area is 62.9 Å². The van der Waals surface area contributed by atoms with Crippen LogP contribution in [0.2, 0.25) is 0 Å². The molecular formula is C4H11IO3. The van der Waals surface area contributed by atoms with E-state index >= 15 is 0 Å². The van der Waals surface area contributed by atoms with Crippen LogP contribution in [0.3, 0.4) is 0 Å². The molecule has 2 N–H and O–H groups in total. The van der Waals surface area contributed by atoms with Crippen LogP contribution in [-0.4, -0.2) is 28.2 Å². The standard InChI is InChI=1S/C2H4O2.CH3I.CH4O/c1-2(3)4;2*1-2/h1H3,(H,3,4);1H3;2H,1H3. The van der Waals surface area contributed by atoms with E-state index in [1.807, 2.05) is 4.93 Å². The third kappa shape index (κ3) is 6410. The van der Waals surface area contributed by atoms with Gasteiger partial charge in [0.25, 0.3) is 5.97 Å². The second-order valence-corrected chi connectivity index (χ2v) is 0.519. The third-order valence-electron chi connectivity index (χ3n) is 0. The molecule has 0 saturated carbocycles. The highest BCUT2D eigenvalue weighted by molar-refractivity contribution is 14.1. The number of rotatable bonds is 0. The van der Waals surface area contributed by atoms with Gasteiger partial charge in [0, 0.05) is 14.0 Å². The Kier molecular flexibility index (Phi) is 53.4. The second kappa shape index (κ2) is 27.2. The van der Waals surface area contributed by atoms with Crippen molar-refractivity contribution in [3.05, 3.63) is 0 Å². The largest absolute Gasteiger partial charge is 0.481 e. The molecular weight excluding hydrogens is 223 g/mol. The fourth-order valence-electron chi connectivity index (χ4n) is 0. The van der Waals surface area contributed by atoms with E-state index in [0.29, 0.717) is 0 Å². The molecule has 0 aliphatic heterocycles. The number of hydrogen-bond acceptors (Lipinski definition) is 2. The average Bonchev–Trinajstić information content (AvgIpc) is 1.75. The highest BCUT2D eigenvalue weighted by Crippen LogP contribution is 1.48. The molecule has 0 spiro atoms. The molecule has 0 fully saturated rings. The van der Waals surface area contributed by atoms with E-state index in [9.17, 15) is 0 Å². The lowest BCUT2D eigenvalue weighted by molar-refractivity contribution is -0.134. The number of carboxylic acid groups (broad SMARTS) is 1. The van der Waals surface area contributed by atoms with Gasteiger partial charge in [0.15, 0.2) is 0 Å². The second-order valence-electron chi connectivity index (χ2n) is 0.519. The summed E-state index contributed by atoms with van der Waals surface area (Å²) in [6.07, 6.45) is 0. The first-order valence-electron chi connectivity index (χ1n) is 1.75. The Morgan fingerprint density at radius 3 is 1.38 bits per heavy atom. The van der Waals surface area contributed by atoms with Crippen LogP contribution in [0, 0.1) is 0 Å². The molecule has 0 bridgehead atoms. The van der Waals surface area contributed by atoms with Crippen molar-refractivity contribution < 1.29 is 15.0 Å². The number of alkyl halides is 1. The number of halogens is 1. The van der Waals surface area contributed by atoms with E-state index in [4.69, 9.17) is 15.0 Å². The average molecular weight is 234 g/mol. The fraction of sp³-hybridized carbons (Fsp3) is 0.750. The molecule has 52 valence electrons. The van der Waals surface area contributed by atoms with Gasteiger partial charge in [-0.05, 0) is 4.93 Å². The zero-order valence-electron chi connectivity index (χ0n) is 5.18. The lowest BCUT2D eigenvalue weighted by Crippen LogP contribution is -1.78. The SMILES string of the molecule is CC(=O)O.CI.CO. The van der Waals surface area contributed by atoms with Gasteiger partial charge in [0.05, 0.1) is 0 Å². The van der Waals surface area contributed by atoms with Crippen molar-refractivity contribution in [3.8, 4) is 0 Å². The molecule has 0 aromatic rings. The van der Waals surface area contributed by atoms with Crippen molar-refractivity contribution in [2.75, 3.05) is 12.0 Å². The Bertz CT molecular complexity index is 34.3. The number of carbonyl (C=O) groups is 1. The highest BCUT2D eigenvalue weighted by Gasteiger charge is 1.65. The van der Waals surface area contributed by atoms with E-state index < -0.39 is 5.97 Å². The summed E-state index contributed by atoms with van der Waals surface area (Å²) >= 11 is 2.15. The minimum Gasteiger partial charge on any atom is -0.481 e. The molecule has 0 radical (unpaired) electrons. The molecule has 0 aromatic carbocycles. The molecule has 0 aliphatic carbocycles. The monoisotopic (exact) mass is 234 g/mol. The smallest absolute Gasteiger partial charge is 0.300 e. The Balaban J connectivity index is -0.0000000542. The maximum absolute atomic E-state index is 9.00. The molecule has 0 aromatic heterocycles. The Morgan fingerprint density at radius 1 is 1.38 bits per heavy atom. The number of hydrogen-bond donors (Lipinski definition) is 2. The third-order valence-corrected chi connectivity index (χ3v) is 0. The first-order chi connectivity index (χ1) is 3.73. The zero-order chi connectivity index (χ0) is 7.58. The van der Waals surface area contributed by atoms with Crippen molar-refractivity contribution in [1.29, 1.82) is 0 Å². The predicted molar refractivity (Wildman–Crippen MR) is 41.4 cm³/mol. The number of aliphatic hydroxyl groups is 1. The summed E-state index contributed by atoms with van der Waals surface area (Å²) in [5.74, 6) is -0.833. The quantitative estimate of drug-likeness (QED) is 0.480. The number of aliphatic carboxylic acids is 1. The summed E-state index contributed by atoms with van der Waals surface area (Å²) in [6, 6.07) is 0. The molecule has 0 amide bonds. The topological polar surface area (TPSA) is 57.5 Å². The van der Waals surface area contributed by atoms with E-state index in [1.54, 1.807) is 0 Å². The number of aliphatic hydroxyl groups excluding tert-OH is 1. The van der Waals surface area contributed by atoms with Gasteiger partial charge in [0.2, 0.25) is 0 Å². The number of carboxylic acids is 1. The molecule has 3 nitrogen and oxygen atoms in total. The van der Waals surface area contributed by atoms with Crippen LogP contribution in [0.5, 0.6) is 0 Å². The lowest BCUT2D eigenvalue weighted by atomic mass is 10.9. The predicted octanol–water partition coefficient (Wildman–Crippen LogP) is 0.751. The normalized spacial score (nSPS) is 4.62. The van der Waals surface area contributed by atoms with Crippen LogP contribution in [0.4, 0.5) is 0 Å². The van der Waals surface area contributed by atoms with Crippen LogP contribution in [0.25, 0.3) is 0 Å². The fourth-order valence-corrected chi connectivity index (χ4v) is 0. The molecule has 0 heterocycles. The zero-order valence-corrected chi connectivity index (χ0v) is 7.34. The van der Waals surface area contributed by atoms with Crippen molar-refractivity contribution in [2.45, 2.75) is 6.92 Å². The Hall–Kier alpha value is 0.160.